The number of hydrogen-bond acceptors (Lipinski definition) is 7. The second kappa shape index (κ2) is 10.1. The zero-order chi connectivity index (χ0) is 27.2. The second-order valence-corrected chi connectivity index (χ2v) is 10.0. The van der Waals surface area contributed by atoms with Crippen LogP contribution >= 0.6 is 23.2 Å². The normalized spacial score (nSPS) is 18.6. The van der Waals surface area contributed by atoms with Gasteiger partial charge in [0.25, 0.3) is 5.91 Å². The number of aromatic nitrogens is 2. The molecule has 0 aliphatic carbocycles. The van der Waals surface area contributed by atoms with E-state index in [1.807, 2.05) is 0 Å². The van der Waals surface area contributed by atoms with Crippen LogP contribution in [0, 0.1) is 0 Å². The summed E-state index contributed by atoms with van der Waals surface area (Å²) in [6, 6.07) is 10.6. The maximum Gasteiger partial charge on any atom is 0.405 e. The van der Waals surface area contributed by atoms with Crippen molar-refractivity contribution in [3.63, 3.8) is 0 Å². The van der Waals surface area contributed by atoms with Crippen molar-refractivity contribution in [3.05, 3.63) is 64.3 Å². The number of anilines is 5. The van der Waals surface area contributed by atoms with E-state index in [-0.39, 0.29) is 25.1 Å². The molecule has 1 saturated heterocycles. The third-order valence-corrected chi connectivity index (χ3v) is 7.29. The minimum Gasteiger partial charge on any atom is -0.368 e. The molecule has 1 N–H and O–H groups in total. The van der Waals surface area contributed by atoms with Crippen LogP contribution in [0.4, 0.5) is 42.0 Å². The molecular weight excluding hydrogens is 542 g/mol. The number of fused-ring (bicyclic) bond motifs is 1. The Morgan fingerprint density at radius 1 is 1.03 bits per heavy atom. The molecule has 1 unspecified atom stereocenters. The van der Waals surface area contributed by atoms with Crippen molar-refractivity contribution in [2.75, 3.05) is 60.4 Å². The van der Waals surface area contributed by atoms with Gasteiger partial charge in [-0.25, -0.2) is 4.98 Å². The SMILES string of the molecule is CN1CN(c2c(Cl)cccc2Cl)C(=O)c2cnc(Nc3ccc(N4CCN(C)C(C(F)(F)F)C4)cc3)nc21. The highest BCUT2D eigenvalue weighted by atomic mass is 35.5. The van der Waals surface area contributed by atoms with Gasteiger partial charge in [0.05, 0.1) is 22.4 Å². The summed E-state index contributed by atoms with van der Waals surface area (Å²) in [6.45, 7) is 0.877. The predicted octanol–water partition coefficient (Wildman–Crippen LogP) is 5.26. The Morgan fingerprint density at radius 2 is 1.71 bits per heavy atom. The van der Waals surface area contributed by atoms with Crippen LogP contribution in [0.3, 0.4) is 0 Å². The zero-order valence-corrected chi connectivity index (χ0v) is 22.0. The van der Waals surface area contributed by atoms with Crippen molar-refractivity contribution in [2.24, 2.45) is 0 Å². The van der Waals surface area contributed by atoms with E-state index < -0.39 is 12.2 Å². The van der Waals surface area contributed by atoms with E-state index in [0.29, 0.717) is 51.6 Å². The second-order valence-electron chi connectivity index (χ2n) is 9.23. The molecule has 1 aromatic heterocycles. The lowest BCUT2D eigenvalue weighted by molar-refractivity contribution is -0.180. The quantitative estimate of drug-likeness (QED) is 0.462. The fourth-order valence-electron chi connectivity index (χ4n) is 4.63. The van der Waals surface area contributed by atoms with Crippen molar-refractivity contribution < 1.29 is 18.0 Å². The van der Waals surface area contributed by atoms with Gasteiger partial charge in [-0.05, 0) is 43.4 Å². The lowest BCUT2D eigenvalue weighted by Crippen LogP contribution is -2.57. The number of rotatable bonds is 4. The molecule has 2 aromatic carbocycles. The number of para-hydroxylation sites is 1. The molecule has 0 spiro atoms. The Hall–Kier alpha value is -3.28. The van der Waals surface area contributed by atoms with Gasteiger partial charge in [-0.3, -0.25) is 14.6 Å². The van der Waals surface area contributed by atoms with Crippen LogP contribution in [0.1, 0.15) is 10.4 Å². The zero-order valence-electron chi connectivity index (χ0n) is 20.5. The topological polar surface area (TPSA) is 67.8 Å². The Balaban J connectivity index is 1.31. The predicted molar refractivity (Wildman–Crippen MR) is 143 cm³/mol. The Kier molecular flexibility index (Phi) is 7.01. The lowest BCUT2D eigenvalue weighted by Gasteiger charge is -2.41. The number of benzene rings is 2. The molecule has 0 radical (unpaired) electrons. The highest BCUT2D eigenvalue weighted by molar-refractivity contribution is 6.40. The average Bonchev–Trinajstić information content (AvgIpc) is 2.87. The van der Waals surface area contributed by atoms with Gasteiger partial charge in [-0.15, -0.1) is 0 Å². The Labute approximate surface area is 227 Å². The maximum absolute atomic E-state index is 13.4. The number of hydrogen-bond donors (Lipinski definition) is 1. The number of nitrogens with zero attached hydrogens (tertiary/aromatic N) is 6. The monoisotopic (exact) mass is 565 g/mol. The van der Waals surface area contributed by atoms with E-state index in [4.69, 9.17) is 23.2 Å². The first-order valence-corrected chi connectivity index (χ1v) is 12.5. The lowest BCUT2D eigenvalue weighted by atomic mass is 10.1. The van der Waals surface area contributed by atoms with E-state index in [1.165, 1.54) is 23.0 Å². The summed E-state index contributed by atoms with van der Waals surface area (Å²) >= 11 is 12.6. The van der Waals surface area contributed by atoms with E-state index in [0.717, 1.165) is 0 Å². The van der Waals surface area contributed by atoms with Crippen molar-refractivity contribution >= 4 is 57.9 Å². The first-order valence-electron chi connectivity index (χ1n) is 11.8. The van der Waals surface area contributed by atoms with Crippen LogP contribution in [0.25, 0.3) is 0 Å². The molecule has 3 aromatic rings. The van der Waals surface area contributed by atoms with Crippen LogP contribution in [-0.4, -0.2) is 73.4 Å². The third-order valence-electron chi connectivity index (χ3n) is 6.68. The van der Waals surface area contributed by atoms with Gasteiger partial charge in [0, 0.05) is 44.3 Å². The number of likely N-dealkylation sites (N-methyl/N-ethyl adjacent to an activating group) is 1. The molecule has 5 rings (SSSR count). The molecule has 2 aliphatic rings. The summed E-state index contributed by atoms with van der Waals surface area (Å²) < 4.78 is 40.1. The number of piperazine rings is 1. The molecule has 8 nitrogen and oxygen atoms in total. The molecule has 0 bridgehead atoms. The molecule has 1 amide bonds. The Morgan fingerprint density at radius 3 is 2.37 bits per heavy atom. The van der Waals surface area contributed by atoms with Crippen LogP contribution in [-0.2, 0) is 0 Å². The van der Waals surface area contributed by atoms with Crippen molar-refractivity contribution in [1.29, 1.82) is 0 Å². The maximum atomic E-state index is 13.4. The van der Waals surface area contributed by atoms with Gasteiger partial charge in [-0.2, -0.15) is 18.2 Å². The summed E-state index contributed by atoms with van der Waals surface area (Å²) in [5.41, 5.74) is 2.07. The summed E-state index contributed by atoms with van der Waals surface area (Å²) in [4.78, 5) is 28.4. The fourth-order valence-corrected chi connectivity index (χ4v) is 5.23. The number of amides is 1. The number of carbonyl (C=O) groups excluding carboxylic acids is 1. The fraction of sp³-hybridized carbons (Fsp3) is 0.320. The van der Waals surface area contributed by atoms with Gasteiger partial charge < -0.3 is 15.1 Å². The number of nitrogens with one attached hydrogen (secondary N) is 1. The highest BCUT2D eigenvalue weighted by Gasteiger charge is 2.45. The average molecular weight is 566 g/mol. The first-order chi connectivity index (χ1) is 18.0. The van der Waals surface area contributed by atoms with Gasteiger partial charge in [0.2, 0.25) is 5.95 Å². The standard InChI is InChI=1S/C25H24Cl2F3N7O/c1-34-10-11-36(13-20(34)25(28,29)30)16-8-6-15(7-9-16)32-24-31-12-17-22(33-24)35(2)14-37(23(17)38)21-18(26)4-3-5-19(21)27/h3-9,12,20H,10-11,13-14H2,1-2H3,(H,31,32,33). The minimum absolute atomic E-state index is 0.127. The van der Waals surface area contributed by atoms with Gasteiger partial charge >= 0.3 is 6.18 Å². The molecule has 13 heteroatoms. The van der Waals surface area contributed by atoms with E-state index in [1.54, 1.807) is 59.3 Å². The summed E-state index contributed by atoms with van der Waals surface area (Å²) in [5, 5.41) is 3.81. The van der Waals surface area contributed by atoms with Crippen LogP contribution in [0.5, 0.6) is 0 Å². The molecule has 200 valence electrons. The molecule has 3 heterocycles. The van der Waals surface area contributed by atoms with Crippen LogP contribution in [0.15, 0.2) is 48.7 Å². The van der Waals surface area contributed by atoms with E-state index >= 15 is 0 Å². The summed E-state index contributed by atoms with van der Waals surface area (Å²) in [5.74, 6) is 0.393. The van der Waals surface area contributed by atoms with Crippen LogP contribution < -0.4 is 20.0 Å². The molecule has 1 atom stereocenters. The van der Waals surface area contributed by atoms with E-state index in [2.05, 4.69) is 15.3 Å². The van der Waals surface area contributed by atoms with Crippen molar-refractivity contribution in [2.45, 2.75) is 12.2 Å². The minimum atomic E-state index is -4.29. The number of alkyl halides is 3. The van der Waals surface area contributed by atoms with Crippen molar-refractivity contribution in [1.82, 2.24) is 14.9 Å². The summed E-state index contributed by atoms with van der Waals surface area (Å²) in [6.07, 6.45) is -2.85. The van der Waals surface area contributed by atoms with E-state index in [9.17, 15) is 18.0 Å². The first kappa shape index (κ1) is 26.3. The van der Waals surface area contributed by atoms with Gasteiger partial charge in [0.15, 0.2) is 0 Å². The largest absolute Gasteiger partial charge is 0.405 e. The van der Waals surface area contributed by atoms with Gasteiger partial charge in [0.1, 0.15) is 17.4 Å². The smallest absolute Gasteiger partial charge is 0.368 e. The molecule has 0 saturated carbocycles. The molecule has 2 aliphatic heterocycles. The summed E-state index contributed by atoms with van der Waals surface area (Å²) in [7, 11) is 3.29. The highest BCUT2D eigenvalue weighted by Crippen LogP contribution is 2.37. The molecule has 38 heavy (non-hydrogen) atoms. The molecular formula is C25H24Cl2F3N7O. The third kappa shape index (κ3) is 5.05. The molecule has 1 fully saturated rings. The van der Waals surface area contributed by atoms with Crippen LogP contribution in [0.2, 0.25) is 10.0 Å². The van der Waals surface area contributed by atoms with Gasteiger partial charge in [-0.1, -0.05) is 29.3 Å². The van der Waals surface area contributed by atoms with Crippen molar-refractivity contribution in [3.8, 4) is 0 Å². The Bertz CT molecular complexity index is 1340. The number of carbonyl (C=O) groups is 1. The number of halogens is 5.